The lowest BCUT2D eigenvalue weighted by molar-refractivity contribution is -0.303. The van der Waals surface area contributed by atoms with Crippen molar-refractivity contribution >= 4 is 5.91 Å². The number of unbranched alkanes of at least 4 members (excludes halogenated alkanes) is 9. The minimum Gasteiger partial charge on any atom is -0.394 e. The molecule has 0 spiro atoms. The van der Waals surface area contributed by atoms with Gasteiger partial charge in [-0.05, 0) is 32.1 Å². The molecular weight excluding hydrogens is 534 g/mol. The molecule has 242 valence electrons. The number of rotatable bonds is 23. The van der Waals surface area contributed by atoms with Crippen LogP contribution in [0.15, 0.2) is 12.2 Å². The number of hydrogen-bond acceptors (Lipinski definition) is 10. The second kappa shape index (κ2) is 22.4. The molecule has 0 saturated carbocycles. The Labute approximate surface area is 245 Å². The molecule has 1 rings (SSSR count). The summed E-state index contributed by atoms with van der Waals surface area (Å²) in [6.07, 6.45) is 5.01. The Morgan fingerprint density at radius 2 is 1.44 bits per heavy atom. The van der Waals surface area contributed by atoms with Crippen LogP contribution in [0.3, 0.4) is 0 Å². The summed E-state index contributed by atoms with van der Waals surface area (Å²) < 4.78 is 10.9. The van der Waals surface area contributed by atoms with Crippen molar-refractivity contribution in [2.24, 2.45) is 0 Å². The molecule has 1 aliphatic heterocycles. The van der Waals surface area contributed by atoms with E-state index >= 15 is 0 Å². The lowest BCUT2D eigenvalue weighted by Gasteiger charge is -2.40. The van der Waals surface area contributed by atoms with E-state index in [4.69, 9.17) is 9.47 Å². The maximum atomic E-state index is 12.8. The molecule has 0 aromatic heterocycles. The fourth-order valence-corrected chi connectivity index (χ4v) is 4.77. The number of aliphatic hydroxyl groups is 7. The minimum absolute atomic E-state index is 0.238. The summed E-state index contributed by atoms with van der Waals surface area (Å²) in [6, 6.07) is -1.16. The molecule has 11 heteroatoms. The summed E-state index contributed by atoms with van der Waals surface area (Å²) in [4.78, 5) is 12.8. The predicted molar refractivity (Wildman–Crippen MR) is 155 cm³/mol. The number of ether oxygens (including phenoxy) is 2. The van der Waals surface area contributed by atoms with Gasteiger partial charge in [-0.3, -0.25) is 4.79 Å². The molecule has 0 aromatic rings. The van der Waals surface area contributed by atoms with E-state index in [9.17, 15) is 40.5 Å². The highest BCUT2D eigenvalue weighted by molar-refractivity contribution is 5.80. The number of nitrogens with one attached hydrogen (secondary N) is 1. The van der Waals surface area contributed by atoms with Gasteiger partial charge in [0.25, 0.3) is 0 Å². The van der Waals surface area contributed by atoms with Gasteiger partial charge in [-0.15, -0.1) is 0 Å². The summed E-state index contributed by atoms with van der Waals surface area (Å²) in [6.45, 7) is 3.19. The van der Waals surface area contributed by atoms with E-state index < -0.39 is 74.2 Å². The molecule has 41 heavy (non-hydrogen) atoms. The van der Waals surface area contributed by atoms with Crippen LogP contribution in [0.2, 0.25) is 0 Å². The normalized spacial score (nSPS) is 26.1. The average Bonchev–Trinajstić information content (AvgIpc) is 2.97. The van der Waals surface area contributed by atoms with E-state index in [1.807, 2.05) is 0 Å². The first-order chi connectivity index (χ1) is 19.7. The van der Waals surface area contributed by atoms with Gasteiger partial charge in [0.2, 0.25) is 5.91 Å². The van der Waals surface area contributed by atoms with Crippen molar-refractivity contribution in [1.82, 2.24) is 5.32 Å². The van der Waals surface area contributed by atoms with Gasteiger partial charge in [0.05, 0.1) is 25.4 Å². The molecule has 1 heterocycles. The maximum absolute atomic E-state index is 12.8. The van der Waals surface area contributed by atoms with Crippen molar-refractivity contribution in [3.63, 3.8) is 0 Å². The van der Waals surface area contributed by atoms with Crippen molar-refractivity contribution in [1.29, 1.82) is 0 Å². The van der Waals surface area contributed by atoms with Crippen LogP contribution >= 0.6 is 0 Å². The molecule has 1 fully saturated rings. The Hall–Kier alpha value is -1.15. The molecular formula is C30H57NO10. The molecule has 9 atom stereocenters. The summed E-state index contributed by atoms with van der Waals surface area (Å²) in [5, 5.41) is 74.2. The molecule has 1 aliphatic rings. The number of carbonyl (C=O) groups is 1. The Morgan fingerprint density at radius 3 is 2.10 bits per heavy atom. The largest absolute Gasteiger partial charge is 0.394 e. The van der Waals surface area contributed by atoms with Crippen molar-refractivity contribution in [2.75, 3.05) is 13.2 Å². The average molecular weight is 592 g/mol. The number of aliphatic hydroxyl groups excluding tert-OH is 7. The third-order valence-corrected chi connectivity index (χ3v) is 7.57. The lowest BCUT2D eigenvalue weighted by atomic mass is 9.98. The van der Waals surface area contributed by atoms with Crippen LogP contribution in [0.5, 0.6) is 0 Å². The van der Waals surface area contributed by atoms with E-state index in [-0.39, 0.29) is 6.42 Å². The van der Waals surface area contributed by atoms with Crippen molar-refractivity contribution in [3.8, 4) is 0 Å². The van der Waals surface area contributed by atoms with E-state index in [1.165, 1.54) is 12.8 Å². The third kappa shape index (κ3) is 14.7. The fraction of sp³-hybridized carbons (Fsp3) is 0.900. The van der Waals surface area contributed by atoms with Crippen LogP contribution in [-0.4, -0.2) is 110 Å². The minimum atomic E-state index is -1.66. The Balaban J connectivity index is 2.69. The van der Waals surface area contributed by atoms with Gasteiger partial charge in [-0.25, -0.2) is 0 Å². The molecule has 9 unspecified atom stereocenters. The van der Waals surface area contributed by atoms with Crippen LogP contribution in [0.4, 0.5) is 0 Å². The molecule has 0 aromatic carbocycles. The van der Waals surface area contributed by atoms with Crippen LogP contribution in [0.25, 0.3) is 0 Å². The highest BCUT2D eigenvalue weighted by atomic mass is 16.7. The highest BCUT2D eigenvalue weighted by Crippen LogP contribution is 2.23. The van der Waals surface area contributed by atoms with Crippen LogP contribution in [-0.2, 0) is 14.3 Å². The van der Waals surface area contributed by atoms with Gasteiger partial charge in [-0.1, -0.05) is 83.8 Å². The zero-order valence-electron chi connectivity index (χ0n) is 25.0. The van der Waals surface area contributed by atoms with Gasteiger partial charge < -0.3 is 50.5 Å². The molecule has 0 aliphatic carbocycles. The first-order valence-corrected chi connectivity index (χ1v) is 15.6. The van der Waals surface area contributed by atoms with Crippen molar-refractivity contribution < 1.29 is 50.0 Å². The summed E-state index contributed by atoms with van der Waals surface area (Å²) in [5.41, 5.74) is 0. The number of amides is 1. The van der Waals surface area contributed by atoms with Gasteiger partial charge in [0.15, 0.2) is 6.29 Å². The van der Waals surface area contributed by atoms with Crippen molar-refractivity contribution in [3.05, 3.63) is 12.2 Å². The molecule has 1 saturated heterocycles. The Morgan fingerprint density at radius 1 is 0.829 bits per heavy atom. The van der Waals surface area contributed by atoms with Gasteiger partial charge in [0, 0.05) is 0 Å². The lowest BCUT2D eigenvalue weighted by Crippen LogP contribution is -2.60. The maximum Gasteiger partial charge on any atom is 0.249 e. The quantitative estimate of drug-likeness (QED) is 0.0637. The Kier molecular flexibility index (Phi) is 20.7. The van der Waals surface area contributed by atoms with E-state index in [0.29, 0.717) is 19.3 Å². The molecule has 0 bridgehead atoms. The zero-order chi connectivity index (χ0) is 30.6. The second-order valence-corrected chi connectivity index (χ2v) is 11.2. The predicted octanol–water partition coefficient (Wildman–Crippen LogP) is 1.43. The number of allylic oxidation sites excluding steroid dienone is 2. The smallest absolute Gasteiger partial charge is 0.249 e. The Bertz CT molecular complexity index is 694. The molecule has 8 N–H and O–H groups in total. The molecule has 11 nitrogen and oxygen atoms in total. The molecule has 0 radical (unpaired) electrons. The topological polar surface area (TPSA) is 189 Å². The first kappa shape index (κ1) is 37.9. The number of carbonyl (C=O) groups excluding carboxylic acids is 1. The summed E-state index contributed by atoms with van der Waals surface area (Å²) in [5.74, 6) is -0.721. The van der Waals surface area contributed by atoms with Crippen LogP contribution < -0.4 is 5.32 Å². The van der Waals surface area contributed by atoms with E-state index in [1.54, 1.807) is 0 Å². The van der Waals surface area contributed by atoms with Crippen LogP contribution in [0, 0.1) is 0 Å². The summed E-state index contributed by atoms with van der Waals surface area (Å²) in [7, 11) is 0. The monoisotopic (exact) mass is 591 g/mol. The van der Waals surface area contributed by atoms with E-state index in [0.717, 1.165) is 51.4 Å². The SMILES string of the molecule is CCCC/C=C\CCCCCC(O)C(=O)NC(COC1OC(CO)C(O)C(O)C1O)C(O)C(O)CCCCCCC. The zero-order valence-corrected chi connectivity index (χ0v) is 25.0. The van der Waals surface area contributed by atoms with Crippen LogP contribution in [0.1, 0.15) is 104 Å². The van der Waals surface area contributed by atoms with Gasteiger partial charge >= 0.3 is 0 Å². The highest BCUT2D eigenvalue weighted by Gasteiger charge is 2.44. The molecule has 1 amide bonds. The van der Waals surface area contributed by atoms with E-state index in [2.05, 4.69) is 31.3 Å². The second-order valence-electron chi connectivity index (χ2n) is 11.2. The fourth-order valence-electron chi connectivity index (χ4n) is 4.77. The first-order valence-electron chi connectivity index (χ1n) is 15.6. The summed E-state index contributed by atoms with van der Waals surface area (Å²) >= 11 is 0. The standard InChI is InChI=1S/C30H57NO10/c1-3-5-7-9-10-11-12-14-16-18-23(34)29(39)31-21(25(35)22(33)17-15-13-8-6-4-2)20-40-30-28(38)27(37)26(36)24(19-32)41-30/h9-10,21-28,30,32-38H,3-8,11-20H2,1-2H3,(H,31,39)/b10-9-. The van der Waals surface area contributed by atoms with Gasteiger partial charge in [-0.2, -0.15) is 0 Å². The third-order valence-electron chi connectivity index (χ3n) is 7.57. The van der Waals surface area contributed by atoms with Gasteiger partial charge in [0.1, 0.15) is 36.6 Å². The number of hydrogen-bond donors (Lipinski definition) is 8. The van der Waals surface area contributed by atoms with Crippen molar-refractivity contribution in [2.45, 2.75) is 159 Å².